The first kappa shape index (κ1) is 30.9. The third kappa shape index (κ3) is 10.5. The van der Waals surface area contributed by atoms with Crippen molar-refractivity contribution < 1.29 is 31.0 Å². The molecule has 196 valence electrons. The van der Waals surface area contributed by atoms with Gasteiger partial charge in [-0.15, -0.1) is 14.7 Å². The van der Waals surface area contributed by atoms with E-state index in [4.69, 9.17) is 0 Å². The van der Waals surface area contributed by atoms with Crippen molar-refractivity contribution in [1.29, 1.82) is 0 Å². The zero-order valence-electron chi connectivity index (χ0n) is 23.2. The summed E-state index contributed by atoms with van der Waals surface area (Å²) in [6, 6.07) is 19.2. The van der Waals surface area contributed by atoms with Crippen LogP contribution in [0, 0.1) is 20.6 Å². The molecule has 0 bridgehead atoms. The number of likely N-dealkylation sites (N-methyl/N-ethyl adjacent to an activating group) is 1. The van der Waals surface area contributed by atoms with Crippen molar-refractivity contribution >= 4 is 0 Å². The minimum atomic E-state index is -0.371. The Labute approximate surface area is 243 Å². The molecule has 1 fully saturated rings. The van der Waals surface area contributed by atoms with Crippen molar-refractivity contribution in [3.8, 4) is 0 Å². The van der Waals surface area contributed by atoms with Gasteiger partial charge in [0.2, 0.25) is 0 Å². The zero-order valence-corrected chi connectivity index (χ0v) is 24.2. The summed E-state index contributed by atoms with van der Waals surface area (Å²) in [5.74, 6) is 0.491. The van der Waals surface area contributed by atoms with Gasteiger partial charge >= 0.3 is 29.6 Å². The van der Waals surface area contributed by atoms with Gasteiger partial charge in [0, 0.05) is 13.6 Å². The number of benzene rings is 2. The van der Waals surface area contributed by atoms with Gasteiger partial charge in [-0.1, -0.05) is 92.8 Å². The third-order valence-electron chi connectivity index (χ3n) is 7.18. The first-order valence-corrected chi connectivity index (χ1v) is 12.9. The fraction of sp³-hybridized carbons (Fsp3) is 0.556. The van der Waals surface area contributed by atoms with E-state index >= 15 is 0 Å². The third-order valence-corrected chi connectivity index (χ3v) is 7.18. The standard InChI is InChI=1S/C27H38N6O3.Na.H/c1-31(28-34)21-26(19-24-13-7-3-8-14-24)33(30-36)22-27(20-25-15-9-4-10-16-25)32(29-35)18-17-23-11-5-2-6-12-23;;/h2-3,5-8,11-14,25-27H,4,9-10,15-22H2,1H3;;/q;+1;-1/t26-,27+;;/m0../s1. The molecule has 0 unspecified atom stereocenters. The second kappa shape index (κ2) is 17.2. The maximum Gasteiger partial charge on any atom is 1.00 e. The van der Waals surface area contributed by atoms with Crippen LogP contribution in [0.15, 0.2) is 76.5 Å². The Bertz CT molecular complexity index is 924. The molecular weight excluding hydrogens is 479 g/mol. The van der Waals surface area contributed by atoms with Crippen LogP contribution >= 0.6 is 0 Å². The molecule has 1 aliphatic rings. The molecule has 9 nitrogen and oxygen atoms in total. The average Bonchev–Trinajstić information content (AvgIpc) is 2.93. The van der Waals surface area contributed by atoms with Crippen LogP contribution in [-0.4, -0.2) is 53.8 Å². The Morgan fingerprint density at radius 1 is 0.784 bits per heavy atom. The van der Waals surface area contributed by atoms with E-state index in [2.05, 4.69) is 15.9 Å². The van der Waals surface area contributed by atoms with Gasteiger partial charge in [-0.2, -0.15) is 0 Å². The number of hydrogen-bond donors (Lipinski definition) is 0. The first-order chi connectivity index (χ1) is 17.6. The summed E-state index contributed by atoms with van der Waals surface area (Å²) < 4.78 is 0. The Morgan fingerprint density at radius 3 is 1.95 bits per heavy atom. The quantitative estimate of drug-likeness (QED) is 0.193. The average molecular weight is 519 g/mol. The second-order valence-corrected chi connectivity index (χ2v) is 9.84. The largest absolute Gasteiger partial charge is 1.00 e. The molecule has 0 N–H and O–H groups in total. The topological polar surface area (TPSA) is 98.0 Å². The molecule has 0 aromatic heterocycles. The van der Waals surface area contributed by atoms with Crippen molar-refractivity contribution in [2.75, 3.05) is 26.7 Å². The van der Waals surface area contributed by atoms with Crippen LogP contribution < -0.4 is 29.6 Å². The van der Waals surface area contributed by atoms with E-state index in [-0.39, 0.29) is 56.2 Å². The van der Waals surface area contributed by atoms with Crippen molar-refractivity contribution in [3.63, 3.8) is 0 Å². The molecule has 3 rings (SSSR count). The van der Waals surface area contributed by atoms with E-state index < -0.39 is 0 Å². The van der Waals surface area contributed by atoms with Gasteiger partial charge in [0.25, 0.3) is 0 Å². The molecule has 0 spiro atoms. The Balaban J connectivity index is 0.00000361. The van der Waals surface area contributed by atoms with Crippen molar-refractivity contribution in [3.05, 3.63) is 86.5 Å². The van der Waals surface area contributed by atoms with Crippen molar-refractivity contribution in [2.24, 2.45) is 21.8 Å². The summed E-state index contributed by atoms with van der Waals surface area (Å²) in [6.45, 7) is 0.986. The number of rotatable bonds is 16. The molecule has 1 saturated carbocycles. The van der Waals surface area contributed by atoms with E-state index in [1.807, 2.05) is 60.7 Å². The van der Waals surface area contributed by atoms with E-state index in [9.17, 15) is 14.7 Å². The predicted molar refractivity (Wildman–Crippen MR) is 144 cm³/mol. The van der Waals surface area contributed by atoms with Crippen molar-refractivity contribution in [2.45, 2.75) is 63.5 Å². The zero-order chi connectivity index (χ0) is 25.6. The van der Waals surface area contributed by atoms with Crippen LogP contribution in [0.25, 0.3) is 0 Å². The molecule has 2 atom stereocenters. The summed E-state index contributed by atoms with van der Waals surface area (Å²) in [4.78, 5) is 35.3. The molecule has 37 heavy (non-hydrogen) atoms. The molecule has 10 heteroatoms. The van der Waals surface area contributed by atoms with Gasteiger partial charge in [0.15, 0.2) is 0 Å². The molecule has 0 aliphatic heterocycles. The summed E-state index contributed by atoms with van der Waals surface area (Å²) in [6.07, 6.45) is 7.89. The minimum Gasteiger partial charge on any atom is -1.00 e. The summed E-state index contributed by atoms with van der Waals surface area (Å²) in [7, 11) is 1.59. The molecule has 0 saturated heterocycles. The van der Waals surface area contributed by atoms with Gasteiger partial charge in [0.1, 0.15) is 0 Å². The van der Waals surface area contributed by atoms with E-state index in [1.54, 1.807) is 12.1 Å². The van der Waals surface area contributed by atoms with E-state index in [0.29, 0.717) is 25.3 Å². The molecule has 2 aromatic carbocycles. The van der Waals surface area contributed by atoms with Gasteiger partial charge in [-0.05, 0) is 36.3 Å². The Morgan fingerprint density at radius 2 is 1.38 bits per heavy atom. The predicted octanol–water partition coefficient (Wildman–Crippen LogP) is 2.88. The fourth-order valence-electron chi connectivity index (χ4n) is 5.23. The maximum absolute atomic E-state index is 12.1. The molecule has 0 heterocycles. The van der Waals surface area contributed by atoms with Gasteiger partial charge in [0.05, 0.1) is 41.0 Å². The van der Waals surface area contributed by atoms with Gasteiger partial charge in [-0.3, -0.25) is 15.0 Å². The van der Waals surface area contributed by atoms with Crippen LogP contribution in [0.1, 0.15) is 51.1 Å². The number of hydrogen-bond acceptors (Lipinski definition) is 6. The summed E-state index contributed by atoms with van der Waals surface area (Å²) in [5.41, 5.74) is 2.17. The summed E-state index contributed by atoms with van der Waals surface area (Å²) in [5, 5.41) is 14.2. The van der Waals surface area contributed by atoms with Gasteiger partial charge in [-0.25, -0.2) is 0 Å². The van der Waals surface area contributed by atoms with Crippen LogP contribution in [0.3, 0.4) is 0 Å². The molecular formula is C27H39N6NaO3. The SMILES string of the molecule is CN(C[C@H](Cc1ccccc1)N(C[C@@H](CC1CCCCC1)N(CCc1ccccc1)N=O)N=O)N=O.[H-].[Na+]. The van der Waals surface area contributed by atoms with Crippen LogP contribution in [0.2, 0.25) is 0 Å². The van der Waals surface area contributed by atoms with Crippen LogP contribution in [-0.2, 0) is 12.8 Å². The summed E-state index contributed by atoms with van der Waals surface area (Å²) >= 11 is 0. The first-order valence-electron chi connectivity index (χ1n) is 12.9. The van der Waals surface area contributed by atoms with Gasteiger partial charge < -0.3 is 1.43 Å². The van der Waals surface area contributed by atoms with Crippen molar-refractivity contribution in [1.82, 2.24) is 15.0 Å². The van der Waals surface area contributed by atoms with Crippen LogP contribution in [0.5, 0.6) is 0 Å². The smallest absolute Gasteiger partial charge is 1.00 e. The molecule has 2 aromatic rings. The van der Waals surface area contributed by atoms with E-state index in [1.165, 1.54) is 29.3 Å². The number of nitrogens with zero attached hydrogens (tertiary/aromatic N) is 6. The Kier molecular flexibility index (Phi) is 14.4. The van der Waals surface area contributed by atoms with Crippen LogP contribution in [0.4, 0.5) is 0 Å². The maximum atomic E-state index is 12.1. The molecule has 1 aliphatic carbocycles. The molecule has 0 radical (unpaired) electrons. The minimum absolute atomic E-state index is 0. The normalized spacial score (nSPS) is 15.1. The Hall–Kier alpha value is -2.36. The monoisotopic (exact) mass is 518 g/mol. The fourth-order valence-corrected chi connectivity index (χ4v) is 5.23. The van der Waals surface area contributed by atoms with E-state index in [0.717, 1.165) is 30.4 Å². The second-order valence-electron chi connectivity index (χ2n) is 9.84. The molecule has 0 amide bonds. The number of nitroso groups, excluding NO2 is 3.